The molecule has 1 saturated carbocycles. The van der Waals surface area contributed by atoms with Crippen molar-refractivity contribution in [2.45, 2.75) is 70.9 Å². The van der Waals surface area contributed by atoms with Gasteiger partial charge in [-0.1, -0.05) is 37.8 Å². The summed E-state index contributed by atoms with van der Waals surface area (Å²) in [5.74, 6) is 0.461. The number of hydrogen-bond donors (Lipinski definition) is 0. The number of ether oxygens (including phenoxy) is 2. The first-order valence-electron chi connectivity index (χ1n) is 12.3. The molecule has 1 aromatic heterocycles. The van der Waals surface area contributed by atoms with Crippen molar-refractivity contribution >= 4 is 34.5 Å². The molecule has 186 valence electrons. The molecule has 1 aromatic carbocycles. The van der Waals surface area contributed by atoms with Crippen molar-refractivity contribution in [3.63, 3.8) is 0 Å². The van der Waals surface area contributed by atoms with Crippen LogP contribution in [0, 0.1) is 0 Å². The number of benzene rings is 1. The van der Waals surface area contributed by atoms with Crippen LogP contribution in [0.1, 0.15) is 58.8 Å². The van der Waals surface area contributed by atoms with Crippen LogP contribution in [0.4, 0.5) is 4.79 Å². The van der Waals surface area contributed by atoms with Crippen LogP contribution in [-0.4, -0.2) is 65.7 Å². The maximum absolute atomic E-state index is 13.4. The zero-order chi connectivity index (χ0) is 24.5. The number of hydrogen-bond acceptors (Lipinski definition) is 5. The van der Waals surface area contributed by atoms with Gasteiger partial charge in [0.1, 0.15) is 17.0 Å². The lowest BCUT2D eigenvalue weighted by Gasteiger charge is -2.38. The highest BCUT2D eigenvalue weighted by Crippen LogP contribution is 2.25. The number of halogens is 1. The molecule has 1 fully saturated rings. The van der Waals surface area contributed by atoms with Gasteiger partial charge < -0.3 is 19.3 Å². The van der Waals surface area contributed by atoms with E-state index in [4.69, 9.17) is 21.1 Å². The summed E-state index contributed by atoms with van der Waals surface area (Å²) in [6, 6.07) is 9.58. The van der Waals surface area contributed by atoms with Crippen molar-refractivity contribution in [2.75, 3.05) is 26.7 Å². The summed E-state index contributed by atoms with van der Waals surface area (Å²) in [5, 5.41) is 1.44. The minimum absolute atomic E-state index is 0.00818. The van der Waals surface area contributed by atoms with Crippen LogP contribution in [0.3, 0.4) is 0 Å². The second-order valence-corrected chi connectivity index (χ2v) is 9.37. The zero-order valence-electron chi connectivity index (χ0n) is 20.5. The van der Waals surface area contributed by atoms with Crippen molar-refractivity contribution in [1.82, 2.24) is 14.8 Å². The molecule has 1 atom stereocenters. The molecule has 0 aliphatic heterocycles. The number of fused-ring (bicyclic) bond motifs is 1. The third-order valence-electron chi connectivity index (χ3n) is 6.31. The number of urea groups is 1. The Labute approximate surface area is 207 Å². The van der Waals surface area contributed by atoms with Crippen LogP contribution in [-0.2, 0) is 9.53 Å². The van der Waals surface area contributed by atoms with Gasteiger partial charge >= 0.3 is 12.0 Å². The van der Waals surface area contributed by atoms with Crippen molar-refractivity contribution in [3.8, 4) is 5.75 Å². The second-order valence-electron chi connectivity index (χ2n) is 8.98. The molecule has 34 heavy (non-hydrogen) atoms. The van der Waals surface area contributed by atoms with Crippen molar-refractivity contribution in [2.24, 2.45) is 0 Å². The highest BCUT2D eigenvalue weighted by atomic mass is 35.5. The summed E-state index contributed by atoms with van der Waals surface area (Å²) in [4.78, 5) is 32.8. The van der Waals surface area contributed by atoms with Crippen LogP contribution in [0.2, 0.25) is 5.15 Å². The number of carbonyl (C=O) groups is 2. The minimum atomic E-state index is -0.305. The molecule has 0 saturated heterocycles. The Hall–Kier alpha value is -2.54. The minimum Gasteiger partial charge on any atom is -0.494 e. The summed E-state index contributed by atoms with van der Waals surface area (Å²) >= 11 is 5.95. The number of esters is 1. The molecule has 0 spiro atoms. The van der Waals surface area contributed by atoms with Crippen LogP contribution >= 0.6 is 11.6 Å². The number of amides is 2. The predicted molar refractivity (Wildman–Crippen MR) is 134 cm³/mol. The van der Waals surface area contributed by atoms with Gasteiger partial charge in [0, 0.05) is 31.9 Å². The van der Waals surface area contributed by atoms with Gasteiger partial charge in [0.15, 0.2) is 0 Å². The predicted octanol–water partition coefficient (Wildman–Crippen LogP) is 5.69. The molecule has 8 heteroatoms. The fourth-order valence-electron chi connectivity index (χ4n) is 4.46. The molecular weight excluding hydrogens is 454 g/mol. The third kappa shape index (κ3) is 7.49. The maximum Gasteiger partial charge on any atom is 0.320 e. The average molecular weight is 490 g/mol. The topological polar surface area (TPSA) is 72.0 Å². The lowest BCUT2D eigenvalue weighted by Crippen LogP contribution is -2.51. The monoisotopic (exact) mass is 489 g/mol. The number of pyridine rings is 1. The van der Waals surface area contributed by atoms with E-state index in [0.717, 1.165) is 42.3 Å². The van der Waals surface area contributed by atoms with Gasteiger partial charge in [0.05, 0.1) is 18.7 Å². The Morgan fingerprint density at radius 2 is 1.94 bits per heavy atom. The van der Waals surface area contributed by atoms with Gasteiger partial charge in [0.25, 0.3) is 0 Å². The second kappa shape index (κ2) is 12.8. The van der Waals surface area contributed by atoms with E-state index in [1.54, 1.807) is 11.0 Å². The Morgan fingerprint density at radius 1 is 1.18 bits per heavy atom. The summed E-state index contributed by atoms with van der Waals surface area (Å²) in [6.07, 6.45) is 6.58. The molecule has 1 aliphatic carbocycles. The molecule has 0 bridgehead atoms. The molecule has 2 aromatic rings. The van der Waals surface area contributed by atoms with Gasteiger partial charge in [-0.05, 0) is 56.0 Å². The first-order chi connectivity index (χ1) is 16.4. The fourth-order valence-corrected chi connectivity index (χ4v) is 4.61. The number of carbonyl (C=O) groups excluding carboxylic acids is 2. The summed E-state index contributed by atoms with van der Waals surface area (Å²) in [7, 11) is 1.83. The Bertz CT molecular complexity index is 964. The van der Waals surface area contributed by atoms with Crippen LogP contribution in [0.15, 0.2) is 30.3 Å². The van der Waals surface area contributed by atoms with Crippen molar-refractivity contribution in [1.29, 1.82) is 0 Å². The zero-order valence-corrected chi connectivity index (χ0v) is 21.2. The largest absolute Gasteiger partial charge is 0.494 e. The van der Waals surface area contributed by atoms with Crippen molar-refractivity contribution < 1.29 is 19.1 Å². The molecule has 1 aliphatic rings. The quantitative estimate of drug-likeness (QED) is 0.244. The van der Waals surface area contributed by atoms with E-state index in [9.17, 15) is 9.59 Å². The smallest absolute Gasteiger partial charge is 0.320 e. The van der Waals surface area contributed by atoms with E-state index >= 15 is 0 Å². The lowest BCUT2D eigenvalue weighted by molar-refractivity contribution is -0.147. The SMILES string of the molecule is CCC(CN(C(=O)N(C)CCCOc1ccc2nc(Cl)ccc2c1)C1CCCCC1)OC(C)=O. The van der Waals surface area contributed by atoms with Crippen LogP contribution in [0.5, 0.6) is 5.75 Å². The molecule has 1 unspecified atom stereocenters. The molecule has 0 radical (unpaired) electrons. The van der Waals surface area contributed by atoms with Gasteiger partial charge in [-0.2, -0.15) is 0 Å². The van der Waals surface area contributed by atoms with E-state index < -0.39 is 0 Å². The number of nitrogens with zero attached hydrogens (tertiary/aromatic N) is 3. The van der Waals surface area contributed by atoms with E-state index in [1.165, 1.54) is 13.3 Å². The first-order valence-corrected chi connectivity index (χ1v) is 12.6. The molecule has 1 heterocycles. The van der Waals surface area contributed by atoms with E-state index in [2.05, 4.69) is 4.98 Å². The normalized spacial score (nSPS) is 15.1. The first kappa shape index (κ1) is 26.1. The van der Waals surface area contributed by atoms with E-state index in [0.29, 0.717) is 37.7 Å². The standard InChI is InChI=1S/C26H36ClN3O4/c1-4-22(34-19(2)31)18-30(21-9-6-5-7-10-21)26(32)29(3)15-8-16-33-23-12-13-24-20(17-23)11-14-25(27)28-24/h11-14,17,21-22H,4-10,15-16,18H2,1-3H3. The molecule has 3 rings (SSSR count). The fraction of sp³-hybridized carbons (Fsp3) is 0.577. The van der Waals surface area contributed by atoms with E-state index in [1.807, 2.05) is 43.1 Å². The van der Waals surface area contributed by atoms with Gasteiger partial charge in [-0.15, -0.1) is 0 Å². The number of rotatable bonds is 10. The third-order valence-corrected chi connectivity index (χ3v) is 6.52. The molecule has 7 nitrogen and oxygen atoms in total. The van der Waals surface area contributed by atoms with Crippen molar-refractivity contribution in [3.05, 3.63) is 35.5 Å². The molecule has 2 amide bonds. The lowest BCUT2D eigenvalue weighted by atomic mass is 9.94. The summed E-state index contributed by atoms with van der Waals surface area (Å²) in [6.45, 7) is 4.92. The van der Waals surface area contributed by atoms with Gasteiger partial charge in [-0.25, -0.2) is 9.78 Å². The molecular formula is C26H36ClN3O4. The highest BCUT2D eigenvalue weighted by molar-refractivity contribution is 6.29. The Kier molecular flexibility index (Phi) is 9.81. The van der Waals surface area contributed by atoms with Crippen LogP contribution in [0.25, 0.3) is 10.9 Å². The van der Waals surface area contributed by atoms with Gasteiger partial charge in [-0.3, -0.25) is 4.79 Å². The highest BCUT2D eigenvalue weighted by Gasteiger charge is 2.30. The van der Waals surface area contributed by atoms with Crippen LogP contribution < -0.4 is 4.74 Å². The summed E-state index contributed by atoms with van der Waals surface area (Å²) < 4.78 is 11.4. The van der Waals surface area contributed by atoms with Gasteiger partial charge in [0.2, 0.25) is 0 Å². The van der Waals surface area contributed by atoms with E-state index in [-0.39, 0.29) is 24.1 Å². The average Bonchev–Trinajstić information content (AvgIpc) is 2.84. The Morgan fingerprint density at radius 3 is 2.65 bits per heavy atom. The molecule has 0 N–H and O–H groups in total. The maximum atomic E-state index is 13.4. The Balaban J connectivity index is 1.54. The number of aromatic nitrogens is 1. The summed E-state index contributed by atoms with van der Waals surface area (Å²) in [5.41, 5.74) is 0.826.